The van der Waals surface area contributed by atoms with Crippen molar-refractivity contribution in [3.63, 3.8) is 0 Å². The third-order valence-corrected chi connectivity index (χ3v) is 2.33. The van der Waals surface area contributed by atoms with Crippen molar-refractivity contribution in [3.05, 3.63) is 17.5 Å². The van der Waals surface area contributed by atoms with Gasteiger partial charge in [-0.25, -0.2) is 0 Å². The first kappa shape index (κ1) is 12.3. The van der Waals surface area contributed by atoms with Crippen LogP contribution in [0.4, 0.5) is 0 Å². The van der Waals surface area contributed by atoms with Gasteiger partial charge < -0.3 is 5.32 Å². The lowest BCUT2D eigenvalue weighted by atomic mass is 10.2. The Balaban J connectivity index is 2.73. The molecule has 0 fully saturated rings. The van der Waals surface area contributed by atoms with Crippen LogP contribution in [-0.2, 0) is 13.5 Å². The third kappa shape index (κ3) is 2.86. The van der Waals surface area contributed by atoms with Gasteiger partial charge in [-0.05, 0) is 19.4 Å². The van der Waals surface area contributed by atoms with Crippen LogP contribution in [0.2, 0.25) is 0 Å². The molecule has 1 N–H and O–H groups in total. The fourth-order valence-electron chi connectivity index (χ4n) is 1.44. The number of aryl methyl sites for hydroxylation is 2. The molecule has 4 nitrogen and oxygen atoms in total. The van der Waals surface area contributed by atoms with E-state index in [9.17, 15) is 4.79 Å². The predicted octanol–water partition coefficient (Wildman–Crippen LogP) is 1.12. The molecule has 1 amide bonds. The standard InChI is InChI=1S/C12H17N3O/c1-5-7-9(3)13-12(16)11-8-10(6-2)14-15(11)4/h1,8-9H,6-7H2,2-4H3,(H,13,16). The minimum absolute atomic E-state index is 0.0162. The average Bonchev–Trinajstić information content (AvgIpc) is 2.60. The van der Waals surface area contributed by atoms with Crippen LogP contribution in [0, 0.1) is 12.3 Å². The number of carbonyl (C=O) groups is 1. The molecule has 1 unspecified atom stereocenters. The summed E-state index contributed by atoms with van der Waals surface area (Å²) in [6, 6.07) is 1.79. The van der Waals surface area contributed by atoms with Gasteiger partial charge in [0.1, 0.15) is 5.69 Å². The second-order valence-electron chi connectivity index (χ2n) is 3.78. The first-order chi connectivity index (χ1) is 7.58. The van der Waals surface area contributed by atoms with Crippen molar-refractivity contribution in [1.29, 1.82) is 0 Å². The first-order valence-electron chi connectivity index (χ1n) is 5.35. The molecule has 86 valence electrons. The molecule has 0 spiro atoms. The normalized spacial score (nSPS) is 11.9. The van der Waals surface area contributed by atoms with Gasteiger partial charge in [-0.15, -0.1) is 12.3 Å². The van der Waals surface area contributed by atoms with Crippen LogP contribution in [0.25, 0.3) is 0 Å². The van der Waals surface area contributed by atoms with Crippen molar-refractivity contribution in [1.82, 2.24) is 15.1 Å². The molecule has 0 aliphatic heterocycles. The maximum absolute atomic E-state index is 11.8. The smallest absolute Gasteiger partial charge is 0.269 e. The molecule has 1 heterocycles. The lowest BCUT2D eigenvalue weighted by Crippen LogP contribution is -2.33. The van der Waals surface area contributed by atoms with E-state index in [4.69, 9.17) is 6.42 Å². The number of hydrogen-bond acceptors (Lipinski definition) is 2. The topological polar surface area (TPSA) is 46.9 Å². The summed E-state index contributed by atoms with van der Waals surface area (Å²) < 4.78 is 1.59. The summed E-state index contributed by atoms with van der Waals surface area (Å²) in [6.45, 7) is 3.89. The first-order valence-corrected chi connectivity index (χ1v) is 5.35. The minimum atomic E-state index is -0.127. The van der Waals surface area contributed by atoms with Crippen molar-refractivity contribution in [2.75, 3.05) is 0 Å². The van der Waals surface area contributed by atoms with Crippen molar-refractivity contribution in [2.45, 2.75) is 32.7 Å². The maximum atomic E-state index is 11.8. The van der Waals surface area contributed by atoms with Gasteiger partial charge in [-0.1, -0.05) is 6.92 Å². The molecule has 0 saturated carbocycles. The van der Waals surface area contributed by atoms with Gasteiger partial charge in [-0.2, -0.15) is 5.10 Å². The molecule has 4 heteroatoms. The summed E-state index contributed by atoms with van der Waals surface area (Å²) in [5.41, 5.74) is 1.48. The van der Waals surface area contributed by atoms with Crippen LogP contribution in [0.1, 0.15) is 36.5 Å². The number of aromatic nitrogens is 2. The predicted molar refractivity (Wildman–Crippen MR) is 63.0 cm³/mol. The number of nitrogens with one attached hydrogen (secondary N) is 1. The molecule has 1 rings (SSSR count). The van der Waals surface area contributed by atoms with Crippen LogP contribution in [0.15, 0.2) is 6.07 Å². The Bertz CT molecular complexity index is 414. The summed E-state index contributed by atoms with van der Waals surface area (Å²) in [7, 11) is 1.76. The summed E-state index contributed by atoms with van der Waals surface area (Å²) >= 11 is 0. The van der Waals surface area contributed by atoms with E-state index in [0.717, 1.165) is 12.1 Å². The van der Waals surface area contributed by atoms with E-state index >= 15 is 0 Å². The highest BCUT2D eigenvalue weighted by Crippen LogP contribution is 2.04. The van der Waals surface area contributed by atoms with E-state index in [1.54, 1.807) is 17.8 Å². The quantitative estimate of drug-likeness (QED) is 0.771. The van der Waals surface area contributed by atoms with E-state index in [-0.39, 0.29) is 11.9 Å². The molecule has 0 radical (unpaired) electrons. The van der Waals surface area contributed by atoms with Crippen LogP contribution >= 0.6 is 0 Å². The molecule has 1 aromatic rings. The minimum Gasteiger partial charge on any atom is -0.347 e. The van der Waals surface area contributed by atoms with E-state index < -0.39 is 0 Å². The van der Waals surface area contributed by atoms with Gasteiger partial charge in [-0.3, -0.25) is 9.48 Å². The molecule has 0 saturated heterocycles. The summed E-state index contributed by atoms with van der Waals surface area (Å²) in [5.74, 6) is 2.39. The lowest BCUT2D eigenvalue weighted by Gasteiger charge is -2.10. The Kier molecular flexibility index (Phi) is 4.12. The number of rotatable bonds is 4. The molecule has 0 aliphatic rings. The number of amides is 1. The molecule has 0 aliphatic carbocycles. The Morgan fingerprint density at radius 3 is 2.94 bits per heavy atom. The van der Waals surface area contributed by atoms with Gasteiger partial charge >= 0.3 is 0 Å². The molecule has 16 heavy (non-hydrogen) atoms. The van der Waals surface area contributed by atoms with Crippen LogP contribution < -0.4 is 5.32 Å². The Labute approximate surface area is 96.0 Å². The van der Waals surface area contributed by atoms with Crippen molar-refractivity contribution < 1.29 is 4.79 Å². The second-order valence-corrected chi connectivity index (χ2v) is 3.78. The van der Waals surface area contributed by atoms with E-state index in [1.165, 1.54) is 0 Å². The number of nitrogens with zero attached hydrogens (tertiary/aromatic N) is 2. The highest BCUT2D eigenvalue weighted by atomic mass is 16.2. The molecule has 0 bridgehead atoms. The Morgan fingerprint density at radius 1 is 1.75 bits per heavy atom. The monoisotopic (exact) mass is 219 g/mol. The molecule has 1 atom stereocenters. The highest BCUT2D eigenvalue weighted by Gasteiger charge is 2.14. The summed E-state index contributed by atoms with van der Waals surface area (Å²) in [5, 5.41) is 7.05. The Morgan fingerprint density at radius 2 is 2.44 bits per heavy atom. The van der Waals surface area contributed by atoms with E-state index in [2.05, 4.69) is 16.3 Å². The van der Waals surface area contributed by atoms with Crippen molar-refractivity contribution >= 4 is 5.91 Å². The summed E-state index contributed by atoms with van der Waals surface area (Å²) in [4.78, 5) is 11.8. The third-order valence-electron chi connectivity index (χ3n) is 2.33. The van der Waals surface area contributed by atoms with Crippen LogP contribution in [-0.4, -0.2) is 21.7 Å². The fraction of sp³-hybridized carbons (Fsp3) is 0.500. The zero-order chi connectivity index (χ0) is 12.1. The van der Waals surface area contributed by atoms with Crippen molar-refractivity contribution in [2.24, 2.45) is 7.05 Å². The zero-order valence-corrected chi connectivity index (χ0v) is 9.95. The number of terminal acetylenes is 1. The van der Waals surface area contributed by atoms with E-state index in [0.29, 0.717) is 12.1 Å². The van der Waals surface area contributed by atoms with Gasteiger partial charge in [0.25, 0.3) is 5.91 Å². The number of hydrogen-bond donors (Lipinski definition) is 1. The molecule has 0 aromatic carbocycles. The molecule has 1 aromatic heterocycles. The van der Waals surface area contributed by atoms with Gasteiger partial charge in [0, 0.05) is 19.5 Å². The van der Waals surface area contributed by atoms with Crippen molar-refractivity contribution in [3.8, 4) is 12.3 Å². The highest BCUT2D eigenvalue weighted by molar-refractivity contribution is 5.92. The molecular weight excluding hydrogens is 202 g/mol. The SMILES string of the molecule is C#CCC(C)NC(=O)c1cc(CC)nn1C. The van der Waals surface area contributed by atoms with E-state index in [1.807, 2.05) is 13.8 Å². The zero-order valence-electron chi connectivity index (χ0n) is 9.95. The number of carbonyl (C=O) groups excluding carboxylic acids is 1. The van der Waals surface area contributed by atoms with Crippen LogP contribution in [0.5, 0.6) is 0 Å². The lowest BCUT2D eigenvalue weighted by molar-refractivity contribution is 0.0931. The average molecular weight is 219 g/mol. The van der Waals surface area contributed by atoms with Crippen LogP contribution in [0.3, 0.4) is 0 Å². The fourth-order valence-corrected chi connectivity index (χ4v) is 1.44. The summed E-state index contributed by atoms with van der Waals surface area (Å²) in [6.07, 6.45) is 6.53. The van der Waals surface area contributed by atoms with Gasteiger partial charge in [0.15, 0.2) is 0 Å². The maximum Gasteiger partial charge on any atom is 0.269 e. The molecular formula is C12H17N3O. The second kappa shape index (κ2) is 5.36. The van der Waals surface area contributed by atoms with Gasteiger partial charge in [0.05, 0.1) is 5.69 Å². The van der Waals surface area contributed by atoms with Gasteiger partial charge in [0.2, 0.25) is 0 Å². The Hall–Kier alpha value is -1.76. The largest absolute Gasteiger partial charge is 0.347 e.